The van der Waals surface area contributed by atoms with E-state index in [4.69, 9.17) is 0 Å². The van der Waals surface area contributed by atoms with Crippen LogP contribution in [-0.2, 0) is 10.2 Å². The summed E-state index contributed by atoms with van der Waals surface area (Å²) < 4.78 is 0. The van der Waals surface area contributed by atoms with Crippen molar-refractivity contribution in [2.75, 3.05) is 5.32 Å². The zero-order valence-electron chi connectivity index (χ0n) is 14.1. The van der Waals surface area contributed by atoms with Gasteiger partial charge in [0.15, 0.2) is 0 Å². The van der Waals surface area contributed by atoms with E-state index in [0.29, 0.717) is 29.0 Å². The third-order valence-electron chi connectivity index (χ3n) is 5.55. The number of hydrogen-bond acceptors (Lipinski definition) is 5. The van der Waals surface area contributed by atoms with Crippen LogP contribution in [0.3, 0.4) is 0 Å². The number of carbonyl (C=O) groups excluding carboxylic acids is 2. The van der Waals surface area contributed by atoms with Gasteiger partial charge in [-0.25, -0.2) is 0 Å². The van der Waals surface area contributed by atoms with Gasteiger partial charge in [-0.15, -0.1) is 11.3 Å². The molecule has 2 heterocycles. The van der Waals surface area contributed by atoms with Gasteiger partial charge in [0.1, 0.15) is 21.5 Å². The summed E-state index contributed by atoms with van der Waals surface area (Å²) in [7, 11) is 0. The molecule has 0 bridgehead atoms. The first-order valence-corrected chi connectivity index (χ1v) is 9.56. The van der Waals surface area contributed by atoms with Gasteiger partial charge < -0.3 is 10.4 Å². The number of rotatable bonds is 2. The fourth-order valence-electron chi connectivity index (χ4n) is 4.33. The lowest BCUT2D eigenvalue weighted by Crippen LogP contribution is -2.46. The van der Waals surface area contributed by atoms with Gasteiger partial charge in [-0.05, 0) is 12.8 Å². The van der Waals surface area contributed by atoms with E-state index in [9.17, 15) is 20.0 Å². The highest BCUT2D eigenvalue weighted by atomic mass is 32.1. The molecule has 5 nitrogen and oxygen atoms in total. The molecule has 0 saturated heterocycles. The van der Waals surface area contributed by atoms with Crippen LogP contribution in [0.25, 0.3) is 0 Å². The van der Waals surface area contributed by atoms with E-state index in [1.165, 1.54) is 0 Å². The average Bonchev–Trinajstić information content (AvgIpc) is 2.99. The molecule has 0 unspecified atom stereocenters. The molecule has 1 aromatic heterocycles. The first-order valence-electron chi connectivity index (χ1n) is 8.75. The Hall–Kier alpha value is -2.65. The minimum Gasteiger partial charge on any atom is -0.506 e. The molecular weight excluding hydrogens is 348 g/mol. The Kier molecular flexibility index (Phi) is 4.04. The van der Waals surface area contributed by atoms with Crippen molar-refractivity contribution in [3.05, 3.63) is 46.3 Å². The van der Waals surface area contributed by atoms with Gasteiger partial charge in [-0.2, -0.15) is 5.26 Å². The fraction of sp³-hybridized carbons (Fsp3) is 0.350. The van der Waals surface area contributed by atoms with Crippen molar-refractivity contribution in [3.8, 4) is 11.8 Å². The van der Waals surface area contributed by atoms with Crippen molar-refractivity contribution in [1.82, 2.24) is 0 Å². The maximum Gasteiger partial charge on any atom is 0.243 e. The first-order chi connectivity index (χ1) is 12.6. The summed E-state index contributed by atoms with van der Waals surface area (Å²) in [6, 6.07) is 10.9. The number of nitrogens with zero attached hydrogens (tertiary/aromatic N) is 1. The molecule has 1 amide bonds. The van der Waals surface area contributed by atoms with Gasteiger partial charge in [-0.1, -0.05) is 49.6 Å². The maximum atomic E-state index is 12.9. The fourth-order valence-corrected chi connectivity index (χ4v) is 5.50. The summed E-state index contributed by atoms with van der Waals surface area (Å²) in [5, 5.41) is 23.8. The number of thiophene rings is 1. The Morgan fingerprint density at radius 3 is 2.58 bits per heavy atom. The van der Waals surface area contributed by atoms with Gasteiger partial charge in [0.05, 0.1) is 6.07 Å². The molecule has 1 atom stereocenters. The molecule has 2 aliphatic rings. The predicted octanol–water partition coefficient (Wildman–Crippen LogP) is 3.98. The number of nitrogens with one attached hydrogen (secondary N) is 1. The lowest BCUT2D eigenvalue weighted by Gasteiger charge is -2.43. The zero-order valence-corrected chi connectivity index (χ0v) is 14.9. The lowest BCUT2D eigenvalue weighted by atomic mass is 9.61. The Balaban J connectivity index is 1.87. The lowest BCUT2D eigenvalue weighted by molar-refractivity contribution is -0.121. The summed E-state index contributed by atoms with van der Waals surface area (Å²) in [6.07, 6.45) is 4.21. The number of hydrogen-bond donors (Lipinski definition) is 2. The molecule has 26 heavy (non-hydrogen) atoms. The van der Waals surface area contributed by atoms with Gasteiger partial charge in [0.25, 0.3) is 0 Å². The number of benzene rings is 1. The minimum atomic E-state index is -0.838. The van der Waals surface area contributed by atoms with Crippen molar-refractivity contribution >= 4 is 28.0 Å². The largest absolute Gasteiger partial charge is 0.506 e. The normalized spacial score (nSPS) is 20.9. The Bertz CT molecular complexity index is 921. The van der Waals surface area contributed by atoms with Crippen molar-refractivity contribution in [1.29, 1.82) is 5.26 Å². The third kappa shape index (κ3) is 2.35. The second-order valence-corrected chi connectivity index (χ2v) is 7.97. The zero-order chi connectivity index (χ0) is 18.3. The number of fused-ring (bicyclic) bond motifs is 2. The van der Waals surface area contributed by atoms with Crippen LogP contribution in [-0.4, -0.2) is 16.8 Å². The van der Waals surface area contributed by atoms with E-state index in [2.05, 4.69) is 11.4 Å². The SMILES string of the molecule is N#C[C@H]1C(=O)Nc2sc(C(=O)c3ccccc3)c(O)c2C12CCCCC2. The standard InChI is InChI=1S/C20H18N2O3S/c21-11-13-18(25)22-19-14(20(13)9-5-2-6-10-20)16(24)17(26-19)15(23)12-7-3-1-4-8-12/h1,3-4,7-8,13,24H,2,5-6,9-10H2,(H,22,25)/t13-/m0/s1. The van der Waals surface area contributed by atoms with Crippen molar-refractivity contribution in [3.63, 3.8) is 0 Å². The summed E-state index contributed by atoms with van der Waals surface area (Å²) in [5.41, 5.74) is 0.385. The minimum absolute atomic E-state index is 0.0685. The maximum absolute atomic E-state index is 12.9. The number of carbonyl (C=O) groups is 2. The highest BCUT2D eigenvalue weighted by Crippen LogP contribution is 2.57. The summed E-state index contributed by atoms with van der Waals surface area (Å²) in [4.78, 5) is 25.6. The number of ketones is 1. The highest BCUT2D eigenvalue weighted by Gasteiger charge is 2.52. The molecule has 1 saturated carbocycles. The van der Waals surface area contributed by atoms with Crippen molar-refractivity contribution in [2.24, 2.45) is 5.92 Å². The molecule has 4 rings (SSSR count). The van der Waals surface area contributed by atoms with Gasteiger partial charge in [-0.3, -0.25) is 9.59 Å². The predicted molar refractivity (Wildman–Crippen MR) is 98.4 cm³/mol. The Morgan fingerprint density at radius 1 is 1.23 bits per heavy atom. The second kappa shape index (κ2) is 6.26. The first kappa shape index (κ1) is 16.8. The van der Waals surface area contributed by atoms with Crippen molar-refractivity contribution in [2.45, 2.75) is 37.5 Å². The molecule has 2 N–H and O–H groups in total. The molecule has 2 aromatic rings. The molecule has 1 aromatic carbocycles. The molecule has 1 fully saturated rings. The van der Waals surface area contributed by atoms with Gasteiger partial charge in [0, 0.05) is 16.5 Å². The summed E-state index contributed by atoms with van der Waals surface area (Å²) in [5.74, 6) is -1.51. The van der Waals surface area contributed by atoms with Gasteiger partial charge >= 0.3 is 0 Å². The molecular formula is C20H18N2O3S. The van der Waals surface area contributed by atoms with Crippen LogP contribution in [0.4, 0.5) is 5.00 Å². The van der Waals surface area contributed by atoms with E-state index < -0.39 is 11.3 Å². The van der Waals surface area contributed by atoms with E-state index >= 15 is 0 Å². The summed E-state index contributed by atoms with van der Waals surface area (Å²) in [6.45, 7) is 0. The number of nitriles is 1. The number of anilines is 1. The van der Waals surface area contributed by atoms with E-state index in [1.54, 1.807) is 24.3 Å². The second-order valence-electron chi connectivity index (χ2n) is 6.95. The molecule has 1 aliphatic carbocycles. The van der Waals surface area contributed by atoms with Crippen LogP contribution >= 0.6 is 11.3 Å². The molecule has 6 heteroatoms. The molecule has 132 valence electrons. The van der Waals surface area contributed by atoms with Crippen molar-refractivity contribution < 1.29 is 14.7 Å². The van der Waals surface area contributed by atoms with Crippen LogP contribution in [0.2, 0.25) is 0 Å². The average molecular weight is 366 g/mol. The van der Waals surface area contributed by atoms with E-state index in [1.807, 2.05) is 6.07 Å². The monoisotopic (exact) mass is 366 g/mol. The number of amides is 1. The van der Waals surface area contributed by atoms with Crippen LogP contribution in [0.15, 0.2) is 30.3 Å². The van der Waals surface area contributed by atoms with E-state index in [-0.39, 0.29) is 22.3 Å². The van der Waals surface area contributed by atoms with Gasteiger partial charge in [0.2, 0.25) is 11.7 Å². The Morgan fingerprint density at radius 2 is 1.92 bits per heavy atom. The molecule has 1 spiro atoms. The highest BCUT2D eigenvalue weighted by molar-refractivity contribution is 7.19. The van der Waals surface area contributed by atoms with Crippen LogP contribution in [0.5, 0.6) is 5.75 Å². The topological polar surface area (TPSA) is 90.2 Å². The smallest absolute Gasteiger partial charge is 0.243 e. The van der Waals surface area contributed by atoms with E-state index in [0.717, 1.165) is 30.6 Å². The molecule has 0 radical (unpaired) electrons. The Labute approximate surface area is 155 Å². The third-order valence-corrected chi connectivity index (χ3v) is 6.64. The quantitative estimate of drug-likeness (QED) is 0.787. The van der Waals surface area contributed by atoms with Crippen LogP contribution in [0, 0.1) is 17.2 Å². The summed E-state index contributed by atoms with van der Waals surface area (Å²) >= 11 is 1.11. The molecule has 1 aliphatic heterocycles. The van der Waals surface area contributed by atoms with Crippen LogP contribution in [0.1, 0.15) is 52.9 Å². The van der Waals surface area contributed by atoms with Crippen LogP contribution < -0.4 is 5.32 Å². The number of aromatic hydroxyl groups is 1.